The van der Waals surface area contributed by atoms with Gasteiger partial charge in [0.2, 0.25) is 5.91 Å². The maximum atomic E-state index is 13.1. The molecular weight excluding hydrogens is 257 g/mol. The second-order valence-corrected chi connectivity index (χ2v) is 3.69. The van der Waals surface area contributed by atoms with Crippen molar-refractivity contribution >= 4 is 11.9 Å². The first-order valence-corrected chi connectivity index (χ1v) is 5.55. The minimum Gasteiger partial charge on any atom is -0.490 e. The van der Waals surface area contributed by atoms with E-state index in [1.54, 1.807) is 6.07 Å². The topological polar surface area (TPSA) is 95.9 Å². The van der Waals surface area contributed by atoms with Crippen LogP contribution in [-0.4, -0.2) is 41.3 Å². The van der Waals surface area contributed by atoms with Crippen LogP contribution in [-0.2, 0) is 9.59 Å². The molecule has 3 N–H and O–H groups in total. The fourth-order valence-corrected chi connectivity index (χ4v) is 1.20. The molecule has 7 heteroatoms. The molecule has 0 fully saturated rings. The Bertz CT molecular complexity index is 452. The van der Waals surface area contributed by atoms with Gasteiger partial charge in [0.1, 0.15) is 0 Å². The molecule has 19 heavy (non-hydrogen) atoms. The van der Waals surface area contributed by atoms with Gasteiger partial charge in [-0.15, -0.1) is 0 Å². The number of rotatable bonds is 7. The van der Waals surface area contributed by atoms with Gasteiger partial charge in [-0.05, 0) is 12.1 Å². The van der Waals surface area contributed by atoms with E-state index in [-0.39, 0.29) is 25.3 Å². The summed E-state index contributed by atoms with van der Waals surface area (Å²) in [6, 6.07) is 5.78. The molecule has 0 radical (unpaired) electrons. The van der Waals surface area contributed by atoms with E-state index >= 15 is 0 Å². The van der Waals surface area contributed by atoms with Crippen LogP contribution in [0.4, 0.5) is 4.39 Å². The molecule has 1 rings (SSSR count). The lowest BCUT2D eigenvalue weighted by molar-refractivity contribution is -0.146. The van der Waals surface area contributed by atoms with E-state index in [9.17, 15) is 14.0 Å². The van der Waals surface area contributed by atoms with E-state index in [2.05, 4.69) is 5.32 Å². The third-order valence-corrected chi connectivity index (χ3v) is 2.20. The number of nitrogens with one attached hydrogen (secondary N) is 1. The Morgan fingerprint density at radius 2 is 2.05 bits per heavy atom. The Hall–Kier alpha value is -2.15. The van der Waals surface area contributed by atoms with Crippen LogP contribution in [0.2, 0.25) is 0 Å². The van der Waals surface area contributed by atoms with Crippen LogP contribution in [0.15, 0.2) is 24.3 Å². The summed E-state index contributed by atoms with van der Waals surface area (Å²) in [5, 5.41) is 19.5. The molecule has 0 aliphatic heterocycles. The van der Waals surface area contributed by atoms with Crippen LogP contribution in [0, 0.1) is 5.82 Å². The predicted molar refractivity (Wildman–Crippen MR) is 63.2 cm³/mol. The monoisotopic (exact) mass is 271 g/mol. The van der Waals surface area contributed by atoms with E-state index in [4.69, 9.17) is 14.9 Å². The largest absolute Gasteiger partial charge is 0.490 e. The standard InChI is InChI=1S/C12H14FNO5/c13-8-3-1-2-4-10(8)19-6-5-11(16)14-7-9(15)12(17)18/h1-4,9,15H,5-7H2,(H,14,16)(H,17,18)/t9-/m0/s1. The first kappa shape index (κ1) is 14.9. The van der Waals surface area contributed by atoms with Crippen LogP contribution >= 0.6 is 0 Å². The Labute approximate surface area is 108 Å². The van der Waals surface area contributed by atoms with Crippen LogP contribution in [0.3, 0.4) is 0 Å². The highest BCUT2D eigenvalue weighted by Gasteiger charge is 2.14. The zero-order valence-corrected chi connectivity index (χ0v) is 10.0. The van der Waals surface area contributed by atoms with E-state index in [1.807, 2.05) is 0 Å². The maximum absolute atomic E-state index is 13.1. The molecule has 1 atom stereocenters. The average molecular weight is 271 g/mol. The Morgan fingerprint density at radius 1 is 1.37 bits per heavy atom. The fourth-order valence-electron chi connectivity index (χ4n) is 1.20. The highest BCUT2D eigenvalue weighted by Crippen LogP contribution is 2.15. The lowest BCUT2D eigenvalue weighted by Crippen LogP contribution is -2.36. The van der Waals surface area contributed by atoms with E-state index in [0.717, 1.165) is 0 Å². The number of carboxylic acids is 1. The van der Waals surface area contributed by atoms with Crippen molar-refractivity contribution in [2.24, 2.45) is 0 Å². The molecule has 0 saturated carbocycles. The summed E-state index contributed by atoms with van der Waals surface area (Å²) in [6.45, 7) is -0.427. The van der Waals surface area contributed by atoms with Crippen molar-refractivity contribution in [3.05, 3.63) is 30.1 Å². The normalized spacial score (nSPS) is 11.7. The molecule has 1 aromatic rings. The van der Waals surface area contributed by atoms with Crippen molar-refractivity contribution < 1.29 is 28.9 Å². The van der Waals surface area contributed by atoms with Crippen molar-refractivity contribution in [1.29, 1.82) is 0 Å². The van der Waals surface area contributed by atoms with Crippen LogP contribution in [0.1, 0.15) is 6.42 Å². The summed E-state index contributed by atoms with van der Waals surface area (Å²) in [7, 11) is 0. The van der Waals surface area contributed by atoms with E-state index in [0.29, 0.717) is 0 Å². The second-order valence-electron chi connectivity index (χ2n) is 3.69. The number of carboxylic acid groups (broad SMARTS) is 1. The molecule has 0 spiro atoms. The fraction of sp³-hybridized carbons (Fsp3) is 0.333. The number of amides is 1. The number of aliphatic hydroxyl groups excluding tert-OH is 1. The summed E-state index contributed by atoms with van der Waals surface area (Å²) in [5.41, 5.74) is 0. The van der Waals surface area contributed by atoms with Crippen molar-refractivity contribution in [3.63, 3.8) is 0 Å². The number of para-hydroxylation sites is 1. The number of ether oxygens (including phenoxy) is 1. The Balaban J connectivity index is 2.24. The number of aliphatic hydroxyl groups is 1. The first-order valence-electron chi connectivity index (χ1n) is 5.55. The quantitative estimate of drug-likeness (QED) is 0.656. The van der Waals surface area contributed by atoms with Gasteiger partial charge in [0.15, 0.2) is 17.7 Å². The molecular formula is C12H14FNO5. The molecule has 6 nitrogen and oxygen atoms in total. The molecule has 0 heterocycles. The second kappa shape index (κ2) is 7.32. The lowest BCUT2D eigenvalue weighted by atomic mass is 10.3. The van der Waals surface area contributed by atoms with Crippen molar-refractivity contribution in [2.45, 2.75) is 12.5 Å². The third kappa shape index (κ3) is 5.35. The summed E-state index contributed by atoms with van der Waals surface area (Å²) < 4.78 is 18.2. The molecule has 1 amide bonds. The predicted octanol–water partition coefficient (Wildman–Crippen LogP) is 0.156. The van der Waals surface area contributed by atoms with Gasteiger partial charge in [-0.2, -0.15) is 0 Å². The Kier molecular flexibility index (Phi) is 5.74. The molecule has 0 aliphatic rings. The zero-order chi connectivity index (χ0) is 14.3. The highest BCUT2D eigenvalue weighted by atomic mass is 19.1. The van der Waals surface area contributed by atoms with Crippen LogP contribution in [0.25, 0.3) is 0 Å². The molecule has 0 aliphatic carbocycles. The minimum atomic E-state index is -1.64. The van der Waals surface area contributed by atoms with Crippen molar-refractivity contribution in [1.82, 2.24) is 5.32 Å². The highest BCUT2D eigenvalue weighted by molar-refractivity contribution is 5.78. The summed E-state index contributed by atoms with van der Waals surface area (Å²) in [6.07, 6.45) is -1.71. The smallest absolute Gasteiger partial charge is 0.334 e. The Morgan fingerprint density at radius 3 is 2.68 bits per heavy atom. The van der Waals surface area contributed by atoms with Crippen LogP contribution in [0.5, 0.6) is 5.75 Å². The van der Waals surface area contributed by atoms with Crippen LogP contribution < -0.4 is 10.1 Å². The lowest BCUT2D eigenvalue weighted by Gasteiger charge is -2.09. The number of hydrogen-bond acceptors (Lipinski definition) is 4. The number of carbonyl (C=O) groups excluding carboxylic acids is 1. The maximum Gasteiger partial charge on any atom is 0.334 e. The van der Waals surface area contributed by atoms with Gasteiger partial charge in [0, 0.05) is 0 Å². The van der Waals surface area contributed by atoms with Gasteiger partial charge in [-0.3, -0.25) is 4.79 Å². The van der Waals surface area contributed by atoms with Gasteiger partial charge in [0.25, 0.3) is 0 Å². The molecule has 0 bridgehead atoms. The van der Waals surface area contributed by atoms with Gasteiger partial charge >= 0.3 is 5.97 Å². The van der Waals surface area contributed by atoms with E-state index < -0.39 is 23.8 Å². The number of hydrogen-bond donors (Lipinski definition) is 3. The number of carbonyl (C=O) groups is 2. The summed E-state index contributed by atoms with van der Waals surface area (Å²) in [4.78, 5) is 21.5. The van der Waals surface area contributed by atoms with Crippen molar-refractivity contribution in [2.75, 3.05) is 13.2 Å². The SMILES string of the molecule is O=C(CCOc1ccccc1F)NC[C@H](O)C(=O)O. The van der Waals surface area contributed by atoms with Gasteiger partial charge in [-0.1, -0.05) is 12.1 Å². The number of aliphatic carboxylic acids is 1. The van der Waals surface area contributed by atoms with E-state index in [1.165, 1.54) is 18.2 Å². The molecule has 0 saturated heterocycles. The number of halogens is 1. The molecule has 0 aromatic heterocycles. The first-order chi connectivity index (χ1) is 9.00. The minimum absolute atomic E-state index is 0.0425. The van der Waals surface area contributed by atoms with Gasteiger partial charge in [0.05, 0.1) is 19.6 Å². The summed E-state index contributed by atoms with van der Waals surface area (Å²) in [5.74, 6) is -2.38. The molecule has 1 aromatic carbocycles. The zero-order valence-electron chi connectivity index (χ0n) is 10.0. The molecule has 104 valence electrons. The van der Waals surface area contributed by atoms with Crippen molar-refractivity contribution in [3.8, 4) is 5.75 Å². The number of benzene rings is 1. The third-order valence-electron chi connectivity index (χ3n) is 2.20. The van der Waals surface area contributed by atoms with Gasteiger partial charge < -0.3 is 20.3 Å². The molecule has 0 unspecified atom stereocenters. The average Bonchev–Trinajstić information content (AvgIpc) is 2.38. The van der Waals surface area contributed by atoms with Gasteiger partial charge in [-0.25, -0.2) is 9.18 Å². The summed E-state index contributed by atoms with van der Waals surface area (Å²) >= 11 is 0.